The predicted octanol–water partition coefficient (Wildman–Crippen LogP) is 1.86. The van der Waals surface area contributed by atoms with E-state index in [1.165, 1.54) is 6.92 Å². The molecular weight excluding hydrogens is 178 g/mol. The standard InChI is InChI=1S/C11H21NO2/c1-8(2)6-9(3)12(5)11(14)7-10(4)13/h8-9H,6-7H2,1-5H3. The molecule has 1 amide bonds. The fraction of sp³-hybridized carbons (Fsp3) is 0.818. The fourth-order valence-corrected chi connectivity index (χ4v) is 1.42. The monoisotopic (exact) mass is 199 g/mol. The molecule has 0 aliphatic rings. The van der Waals surface area contributed by atoms with Crippen LogP contribution in [0.2, 0.25) is 0 Å². The molecule has 0 aliphatic carbocycles. The molecule has 0 saturated carbocycles. The van der Waals surface area contributed by atoms with Crippen molar-refractivity contribution in [2.24, 2.45) is 5.92 Å². The van der Waals surface area contributed by atoms with Gasteiger partial charge in [-0.25, -0.2) is 0 Å². The third-order valence-corrected chi connectivity index (χ3v) is 2.27. The second-order valence-electron chi connectivity index (χ2n) is 4.36. The van der Waals surface area contributed by atoms with Crippen LogP contribution < -0.4 is 0 Å². The zero-order chi connectivity index (χ0) is 11.3. The molecular formula is C11H21NO2. The van der Waals surface area contributed by atoms with Crippen molar-refractivity contribution in [3.8, 4) is 0 Å². The summed E-state index contributed by atoms with van der Waals surface area (Å²) >= 11 is 0. The van der Waals surface area contributed by atoms with Crippen molar-refractivity contribution >= 4 is 11.7 Å². The van der Waals surface area contributed by atoms with E-state index in [4.69, 9.17) is 0 Å². The van der Waals surface area contributed by atoms with E-state index in [9.17, 15) is 9.59 Å². The number of amides is 1. The van der Waals surface area contributed by atoms with Crippen molar-refractivity contribution in [1.29, 1.82) is 0 Å². The van der Waals surface area contributed by atoms with Gasteiger partial charge in [0.25, 0.3) is 0 Å². The number of carbonyl (C=O) groups is 2. The topological polar surface area (TPSA) is 37.4 Å². The van der Waals surface area contributed by atoms with Crippen LogP contribution in [0.3, 0.4) is 0 Å². The fourth-order valence-electron chi connectivity index (χ4n) is 1.42. The first-order valence-corrected chi connectivity index (χ1v) is 5.09. The molecule has 14 heavy (non-hydrogen) atoms. The first kappa shape index (κ1) is 13.1. The van der Waals surface area contributed by atoms with E-state index >= 15 is 0 Å². The van der Waals surface area contributed by atoms with Crippen LogP contribution in [0.1, 0.15) is 40.5 Å². The average molecular weight is 199 g/mol. The van der Waals surface area contributed by atoms with Gasteiger partial charge in [-0.2, -0.15) is 0 Å². The second kappa shape index (κ2) is 5.78. The molecule has 0 bridgehead atoms. The molecule has 0 fully saturated rings. The molecule has 3 heteroatoms. The Morgan fingerprint density at radius 2 is 1.71 bits per heavy atom. The van der Waals surface area contributed by atoms with E-state index in [2.05, 4.69) is 13.8 Å². The Hall–Kier alpha value is -0.860. The highest BCUT2D eigenvalue weighted by Crippen LogP contribution is 2.10. The normalized spacial score (nSPS) is 12.7. The Morgan fingerprint density at radius 1 is 1.21 bits per heavy atom. The smallest absolute Gasteiger partial charge is 0.229 e. The number of hydrogen-bond acceptors (Lipinski definition) is 2. The van der Waals surface area contributed by atoms with Gasteiger partial charge in [0.2, 0.25) is 5.91 Å². The lowest BCUT2D eigenvalue weighted by Gasteiger charge is -2.26. The minimum absolute atomic E-state index is 0.0267. The lowest BCUT2D eigenvalue weighted by atomic mass is 10.0. The Kier molecular flexibility index (Phi) is 5.43. The van der Waals surface area contributed by atoms with Crippen LogP contribution in [0.15, 0.2) is 0 Å². The van der Waals surface area contributed by atoms with Crippen molar-refractivity contribution < 1.29 is 9.59 Å². The molecule has 1 unspecified atom stereocenters. The number of carbonyl (C=O) groups excluding carboxylic acids is 2. The molecule has 0 aliphatic heterocycles. The number of rotatable bonds is 5. The minimum Gasteiger partial charge on any atom is -0.343 e. The molecule has 82 valence electrons. The van der Waals surface area contributed by atoms with E-state index in [1.807, 2.05) is 6.92 Å². The van der Waals surface area contributed by atoms with Gasteiger partial charge >= 0.3 is 0 Å². The van der Waals surface area contributed by atoms with E-state index in [-0.39, 0.29) is 24.2 Å². The summed E-state index contributed by atoms with van der Waals surface area (Å²) in [5.74, 6) is 0.418. The summed E-state index contributed by atoms with van der Waals surface area (Å²) in [5, 5.41) is 0. The van der Waals surface area contributed by atoms with Gasteiger partial charge in [0, 0.05) is 13.1 Å². The highest BCUT2D eigenvalue weighted by molar-refractivity contribution is 5.96. The van der Waals surface area contributed by atoms with Gasteiger partial charge in [-0.15, -0.1) is 0 Å². The molecule has 0 aromatic carbocycles. The summed E-state index contributed by atoms with van der Waals surface area (Å²) in [6, 6.07) is 0.210. The number of ketones is 1. The maximum Gasteiger partial charge on any atom is 0.229 e. The van der Waals surface area contributed by atoms with Gasteiger partial charge in [0.05, 0.1) is 6.42 Å². The molecule has 0 rings (SSSR count). The van der Waals surface area contributed by atoms with E-state index in [1.54, 1.807) is 11.9 Å². The van der Waals surface area contributed by atoms with Gasteiger partial charge in [-0.3, -0.25) is 9.59 Å². The van der Waals surface area contributed by atoms with Crippen LogP contribution in [0.5, 0.6) is 0 Å². The Bertz CT molecular complexity index is 211. The van der Waals surface area contributed by atoms with Crippen molar-refractivity contribution in [2.75, 3.05) is 7.05 Å². The molecule has 0 aromatic heterocycles. The van der Waals surface area contributed by atoms with Crippen LogP contribution in [0.25, 0.3) is 0 Å². The van der Waals surface area contributed by atoms with Crippen molar-refractivity contribution in [3.63, 3.8) is 0 Å². The minimum atomic E-state index is -0.0781. The zero-order valence-corrected chi connectivity index (χ0v) is 9.83. The van der Waals surface area contributed by atoms with E-state index < -0.39 is 0 Å². The van der Waals surface area contributed by atoms with Gasteiger partial charge in [0.15, 0.2) is 0 Å². The van der Waals surface area contributed by atoms with Crippen LogP contribution >= 0.6 is 0 Å². The maximum atomic E-state index is 11.5. The average Bonchev–Trinajstić information content (AvgIpc) is 2.00. The van der Waals surface area contributed by atoms with E-state index in [0.717, 1.165) is 6.42 Å². The summed E-state index contributed by atoms with van der Waals surface area (Å²) in [6.45, 7) is 7.70. The van der Waals surface area contributed by atoms with Gasteiger partial charge in [-0.05, 0) is 26.2 Å². The van der Waals surface area contributed by atoms with Crippen LogP contribution in [0, 0.1) is 5.92 Å². The quantitative estimate of drug-likeness (QED) is 0.634. The molecule has 3 nitrogen and oxygen atoms in total. The molecule has 0 aromatic rings. The van der Waals surface area contributed by atoms with E-state index in [0.29, 0.717) is 5.92 Å². The second-order valence-corrected chi connectivity index (χ2v) is 4.36. The van der Waals surface area contributed by atoms with Gasteiger partial charge in [-0.1, -0.05) is 13.8 Å². The molecule has 0 saturated heterocycles. The third kappa shape index (κ3) is 5.00. The first-order chi connectivity index (χ1) is 6.34. The van der Waals surface area contributed by atoms with Crippen molar-refractivity contribution in [1.82, 2.24) is 4.90 Å². The number of hydrogen-bond donors (Lipinski definition) is 0. The first-order valence-electron chi connectivity index (χ1n) is 5.09. The predicted molar refractivity (Wildman–Crippen MR) is 57.0 cm³/mol. The largest absolute Gasteiger partial charge is 0.343 e. The third-order valence-electron chi connectivity index (χ3n) is 2.27. The van der Waals surface area contributed by atoms with Crippen molar-refractivity contribution in [2.45, 2.75) is 46.6 Å². The molecule has 0 heterocycles. The molecule has 1 atom stereocenters. The van der Waals surface area contributed by atoms with Crippen LogP contribution in [-0.4, -0.2) is 29.7 Å². The molecule has 0 N–H and O–H groups in total. The number of Topliss-reactive ketones (excluding diaryl/α,β-unsaturated/α-hetero) is 1. The summed E-state index contributed by atoms with van der Waals surface area (Å²) < 4.78 is 0. The zero-order valence-electron chi connectivity index (χ0n) is 9.83. The Balaban J connectivity index is 4.10. The molecule has 0 radical (unpaired) electrons. The Morgan fingerprint density at radius 3 is 2.07 bits per heavy atom. The Labute approximate surface area is 86.5 Å². The van der Waals surface area contributed by atoms with Gasteiger partial charge < -0.3 is 4.90 Å². The summed E-state index contributed by atoms with van der Waals surface area (Å²) in [4.78, 5) is 23.9. The van der Waals surface area contributed by atoms with Crippen LogP contribution in [-0.2, 0) is 9.59 Å². The van der Waals surface area contributed by atoms with Crippen LogP contribution in [0.4, 0.5) is 0 Å². The summed E-state index contributed by atoms with van der Waals surface area (Å²) in [6.07, 6.45) is 0.999. The van der Waals surface area contributed by atoms with Crippen molar-refractivity contribution in [3.05, 3.63) is 0 Å². The highest BCUT2D eigenvalue weighted by Gasteiger charge is 2.17. The van der Waals surface area contributed by atoms with Gasteiger partial charge in [0.1, 0.15) is 5.78 Å². The molecule has 0 spiro atoms. The lowest BCUT2D eigenvalue weighted by molar-refractivity contribution is -0.135. The summed E-state index contributed by atoms with van der Waals surface area (Å²) in [7, 11) is 1.76. The SMILES string of the molecule is CC(=O)CC(=O)N(C)C(C)CC(C)C. The maximum absolute atomic E-state index is 11.5. The summed E-state index contributed by atoms with van der Waals surface area (Å²) in [5.41, 5.74) is 0. The lowest BCUT2D eigenvalue weighted by Crippen LogP contribution is -2.36. The number of nitrogens with zero attached hydrogens (tertiary/aromatic N) is 1. The highest BCUT2D eigenvalue weighted by atomic mass is 16.2.